The standard InChI is InChI=1S/C15H25NO2.C2H6/c1-11-2-4-12(5-3-11)13(17)16-14-6-8-15(18,10-14)9-7-14;1-2/h11-12,18H,2-10H2,1H3,(H,16,17);1-2H3. The summed E-state index contributed by atoms with van der Waals surface area (Å²) in [4.78, 5) is 12.4. The first-order valence-corrected chi connectivity index (χ1v) is 8.55. The van der Waals surface area contributed by atoms with Gasteiger partial charge < -0.3 is 10.4 Å². The first kappa shape index (κ1) is 15.8. The number of hydrogen-bond donors (Lipinski definition) is 2. The third-order valence-corrected chi connectivity index (χ3v) is 5.58. The van der Waals surface area contributed by atoms with Crippen molar-refractivity contribution in [1.82, 2.24) is 5.32 Å². The molecule has 0 aromatic rings. The molecule has 3 aliphatic rings. The highest BCUT2D eigenvalue weighted by molar-refractivity contribution is 5.79. The van der Waals surface area contributed by atoms with Crippen LogP contribution in [-0.2, 0) is 4.79 Å². The molecule has 3 nitrogen and oxygen atoms in total. The fourth-order valence-corrected chi connectivity index (χ4v) is 4.23. The molecule has 0 unspecified atom stereocenters. The van der Waals surface area contributed by atoms with Crippen LogP contribution in [0.15, 0.2) is 0 Å². The van der Waals surface area contributed by atoms with E-state index >= 15 is 0 Å². The number of carbonyl (C=O) groups excluding carboxylic acids is 1. The van der Waals surface area contributed by atoms with Crippen molar-refractivity contribution in [3.05, 3.63) is 0 Å². The molecule has 0 aliphatic heterocycles. The van der Waals surface area contributed by atoms with Crippen molar-refractivity contribution in [3.8, 4) is 0 Å². The zero-order valence-electron chi connectivity index (χ0n) is 13.4. The third-order valence-electron chi connectivity index (χ3n) is 5.58. The summed E-state index contributed by atoms with van der Waals surface area (Å²) in [6.45, 7) is 6.28. The Morgan fingerprint density at radius 3 is 2.05 bits per heavy atom. The van der Waals surface area contributed by atoms with Gasteiger partial charge in [-0.2, -0.15) is 0 Å². The van der Waals surface area contributed by atoms with Gasteiger partial charge in [0.2, 0.25) is 5.91 Å². The number of carbonyl (C=O) groups is 1. The number of fused-ring (bicyclic) bond motifs is 2. The first-order valence-electron chi connectivity index (χ1n) is 8.55. The van der Waals surface area contributed by atoms with Crippen LogP contribution in [0.3, 0.4) is 0 Å². The molecule has 1 amide bonds. The predicted octanol–water partition coefficient (Wildman–Crippen LogP) is 3.40. The predicted molar refractivity (Wildman–Crippen MR) is 81.4 cm³/mol. The third kappa shape index (κ3) is 3.19. The van der Waals surface area contributed by atoms with Crippen LogP contribution < -0.4 is 5.32 Å². The summed E-state index contributed by atoms with van der Waals surface area (Å²) in [5.74, 6) is 1.27. The lowest BCUT2D eigenvalue weighted by Gasteiger charge is -2.32. The van der Waals surface area contributed by atoms with Crippen molar-refractivity contribution < 1.29 is 9.90 Å². The fraction of sp³-hybridized carbons (Fsp3) is 0.941. The van der Waals surface area contributed by atoms with Crippen LogP contribution in [0.1, 0.15) is 78.6 Å². The van der Waals surface area contributed by atoms with Crippen LogP contribution in [0.5, 0.6) is 0 Å². The number of hydrogen-bond acceptors (Lipinski definition) is 2. The zero-order valence-corrected chi connectivity index (χ0v) is 13.4. The van der Waals surface area contributed by atoms with Gasteiger partial charge in [-0.3, -0.25) is 4.79 Å². The lowest BCUT2D eigenvalue weighted by atomic mass is 9.82. The number of amides is 1. The largest absolute Gasteiger partial charge is 0.390 e. The van der Waals surface area contributed by atoms with E-state index in [1.807, 2.05) is 13.8 Å². The highest BCUT2D eigenvalue weighted by atomic mass is 16.3. The smallest absolute Gasteiger partial charge is 0.223 e. The molecule has 0 radical (unpaired) electrons. The van der Waals surface area contributed by atoms with Crippen LogP contribution in [-0.4, -0.2) is 22.2 Å². The molecule has 3 fully saturated rings. The molecule has 0 aromatic carbocycles. The van der Waals surface area contributed by atoms with E-state index in [4.69, 9.17) is 0 Å². The monoisotopic (exact) mass is 281 g/mol. The summed E-state index contributed by atoms with van der Waals surface area (Å²) in [6, 6.07) is 0. The van der Waals surface area contributed by atoms with Crippen molar-refractivity contribution in [2.75, 3.05) is 0 Å². The highest BCUT2D eigenvalue weighted by Crippen LogP contribution is 2.50. The summed E-state index contributed by atoms with van der Waals surface area (Å²) >= 11 is 0. The fourth-order valence-electron chi connectivity index (χ4n) is 4.23. The van der Waals surface area contributed by atoms with Crippen LogP contribution in [0.2, 0.25) is 0 Å². The van der Waals surface area contributed by atoms with Gasteiger partial charge in [0.05, 0.1) is 5.60 Å². The Bertz CT molecular complexity index is 337. The van der Waals surface area contributed by atoms with E-state index in [0.717, 1.165) is 50.9 Å². The topological polar surface area (TPSA) is 49.3 Å². The average molecular weight is 281 g/mol. The van der Waals surface area contributed by atoms with Crippen molar-refractivity contribution in [3.63, 3.8) is 0 Å². The average Bonchev–Trinajstić information content (AvgIpc) is 2.95. The second kappa shape index (κ2) is 6.05. The molecular formula is C17H31NO2. The van der Waals surface area contributed by atoms with Gasteiger partial charge in [-0.1, -0.05) is 20.8 Å². The Labute approximate surface area is 123 Å². The maximum atomic E-state index is 12.4. The Morgan fingerprint density at radius 1 is 1.05 bits per heavy atom. The van der Waals surface area contributed by atoms with Crippen LogP contribution in [0.4, 0.5) is 0 Å². The number of aliphatic hydroxyl groups is 1. The van der Waals surface area contributed by atoms with Gasteiger partial charge in [0.25, 0.3) is 0 Å². The molecule has 20 heavy (non-hydrogen) atoms. The molecule has 3 heteroatoms. The molecule has 0 saturated heterocycles. The van der Waals surface area contributed by atoms with Gasteiger partial charge in [-0.05, 0) is 63.7 Å². The van der Waals surface area contributed by atoms with Gasteiger partial charge in [-0.25, -0.2) is 0 Å². The summed E-state index contributed by atoms with van der Waals surface area (Å²) in [5.41, 5.74) is -0.525. The summed E-state index contributed by atoms with van der Waals surface area (Å²) in [7, 11) is 0. The van der Waals surface area contributed by atoms with E-state index in [0.29, 0.717) is 0 Å². The van der Waals surface area contributed by atoms with Crippen LogP contribution in [0.25, 0.3) is 0 Å². The molecule has 0 spiro atoms. The normalized spacial score (nSPS) is 42.8. The molecule has 0 atom stereocenters. The maximum Gasteiger partial charge on any atom is 0.223 e. The van der Waals surface area contributed by atoms with Gasteiger partial charge in [0.1, 0.15) is 0 Å². The molecule has 0 aromatic heterocycles. The minimum Gasteiger partial charge on any atom is -0.390 e. The maximum absolute atomic E-state index is 12.4. The molecule has 0 heterocycles. The van der Waals surface area contributed by atoms with E-state index in [9.17, 15) is 9.90 Å². The van der Waals surface area contributed by atoms with Crippen molar-refractivity contribution in [1.29, 1.82) is 0 Å². The van der Waals surface area contributed by atoms with E-state index < -0.39 is 5.60 Å². The van der Waals surface area contributed by atoms with Crippen molar-refractivity contribution >= 4 is 5.91 Å². The molecule has 2 N–H and O–H groups in total. The second-order valence-corrected chi connectivity index (χ2v) is 7.13. The molecule has 3 saturated carbocycles. The summed E-state index contributed by atoms with van der Waals surface area (Å²) < 4.78 is 0. The Morgan fingerprint density at radius 2 is 1.60 bits per heavy atom. The van der Waals surface area contributed by atoms with Gasteiger partial charge in [0, 0.05) is 11.5 Å². The first-order chi connectivity index (χ1) is 9.50. The van der Waals surface area contributed by atoms with Crippen molar-refractivity contribution in [2.24, 2.45) is 11.8 Å². The van der Waals surface area contributed by atoms with E-state index in [2.05, 4.69) is 12.2 Å². The molecule has 116 valence electrons. The minimum atomic E-state index is -0.464. The SMILES string of the molecule is CC.CC1CCC(C(=O)NC23CCC(O)(CC2)C3)CC1. The van der Waals surface area contributed by atoms with Crippen molar-refractivity contribution in [2.45, 2.75) is 89.7 Å². The Kier molecular flexibility index (Phi) is 4.78. The lowest BCUT2D eigenvalue weighted by molar-refractivity contribution is -0.128. The quantitative estimate of drug-likeness (QED) is 0.815. The Hall–Kier alpha value is -0.570. The minimum absolute atomic E-state index is 0.0606. The zero-order chi connectivity index (χ0) is 14.8. The molecule has 3 aliphatic carbocycles. The second-order valence-electron chi connectivity index (χ2n) is 7.13. The number of rotatable bonds is 2. The molecular weight excluding hydrogens is 250 g/mol. The van der Waals surface area contributed by atoms with E-state index in [1.54, 1.807) is 0 Å². The molecule has 3 rings (SSSR count). The van der Waals surface area contributed by atoms with Crippen LogP contribution >= 0.6 is 0 Å². The van der Waals surface area contributed by atoms with E-state index in [-0.39, 0.29) is 17.4 Å². The van der Waals surface area contributed by atoms with Crippen LogP contribution in [0, 0.1) is 11.8 Å². The van der Waals surface area contributed by atoms with E-state index in [1.165, 1.54) is 12.8 Å². The van der Waals surface area contributed by atoms with Gasteiger partial charge >= 0.3 is 0 Å². The number of nitrogens with one attached hydrogen (secondary N) is 1. The van der Waals surface area contributed by atoms with Gasteiger partial charge in [0.15, 0.2) is 0 Å². The van der Waals surface area contributed by atoms with Gasteiger partial charge in [-0.15, -0.1) is 0 Å². The Balaban J connectivity index is 0.000000704. The summed E-state index contributed by atoms with van der Waals surface area (Å²) in [5, 5.41) is 13.5. The summed E-state index contributed by atoms with van der Waals surface area (Å²) in [6.07, 6.45) is 8.94. The molecule has 2 bridgehead atoms. The highest BCUT2D eigenvalue weighted by Gasteiger charge is 2.54. The lowest BCUT2D eigenvalue weighted by Crippen LogP contribution is -2.48.